The SMILES string of the molecule is Bc1ccc(C)cc1C#CC. The smallest absolute Gasteiger partial charge is 0.101 e. The lowest BCUT2D eigenvalue weighted by Gasteiger charge is -1.98. The second-order valence-corrected chi connectivity index (χ2v) is 2.69. The Labute approximate surface area is 69.0 Å². The van der Waals surface area contributed by atoms with E-state index in [1.54, 1.807) is 0 Å². The first kappa shape index (κ1) is 7.95. The lowest BCUT2D eigenvalue weighted by atomic mass is 9.90. The largest absolute Gasteiger partial charge is 0.140 e. The minimum atomic E-state index is 1.15. The van der Waals surface area contributed by atoms with E-state index in [1.165, 1.54) is 11.0 Å². The average Bonchev–Trinajstić information content (AvgIpc) is 1.98. The summed E-state index contributed by atoms with van der Waals surface area (Å²) in [6, 6.07) is 6.33. The van der Waals surface area contributed by atoms with Gasteiger partial charge in [-0.3, -0.25) is 0 Å². The van der Waals surface area contributed by atoms with Crippen LogP contribution in [0, 0.1) is 18.8 Å². The monoisotopic (exact) mass is 142 g/mol. The molecule has 0 aromatic heterocycles. The maximum atomic E-state index is 3.07. The number of aryl methyl sites for hydroxylation is 1. The van der Waals surface area contributed by atoms with Crippen LogP contribution in [0.2, 0.25) is 0 Å². The van der Waals surface area contributed by atoms with Crippen LogP contribution in [0.1, 0.15) is 18.1 Å². The molecule has 11 heavy (non-hydrogen) atoms. The predicted octanol–water partition coefficient (Wildman–Crippen LogP) is 0.625. The molecule has 0 bridgehead atoms. The van der Waals surface area contributed by atoms with Crippen LogP contribution in [0.5, 0.6) is 0 Å². The molecule has 0 amide bonds. The summed E-state index contributed by atoms with van der Waals surface area (Å²) in [5.74, 6) is 5.97. The van der Waals surface area contributed by atoms with Gasteiger partial charge in [-0.15, -0.1) is 5.92 Å². The van der Waals surface area contributed by atoms with Gasteiger partial charge in [0.25, 0.3) is 0 Å². The van der Waals surface area contributed by atoms with Crippen molar-refractivity contribution in [2.45, 2.75) is 13.8 Å². The molecule has 0 nitrogen and oxygen atoms in total. The highest BCUT2D eigenvalue weighted by Gasteiger charge is 1.92. The van der Waals surface area contributed by atoms with E-state index in [-0.39, 0.29) is 0 Å². The van der Waals surface area contributed by atoms with Crippen molar-refractivity contribution in [3.8, 4) is 11.8 Å². The Morgan fingerprint density at radius 1 is 1.36 bits per heavy atom. The van der Waals surface area contributed by atoms with Crippen molar-refractivity contribution in [1.29, 1.82) is 0 Å². The van der Waals surface area contributed by atoms with Gasteiger partial charge < -0.3 is 0 Å². The Hall–Kier alpha value is -1.16. The zero-order valence-electron chi connectivity index (χ0n) is 7.23. The molecule has 1 rings (SSSR count). The van der Waals surface area contributed by atoms with Crippen molar-refractivity contribution in [1.82, 2.24) is 0 Å². The number of hydrogen-bond donors (Lipinski definition) is 0. The fraction of sp³-hybridized carbons (Fsp3) is 0.200. The van der Waals surface area contributed by atoms with Gasteiger partial charge in [0.15, 0.2) is 0 Å². The van der Waals surface area contributed by atoms with Crippen molar-refractivity contribution < 1.29 is 0 Å². The second kappa shape index (κ2) is 3.30. The highest BCUT2D eigenvalue weighted by molar-refractivity contribution is 6.33. The van der Waals surface area contributed by atoms with Gasteiger partial charge in [-0.1, -0.05) is 23.5 Å². The van der Waals surface area contributed by atoms with E-state index in [0.29, 0.717) is 0 Å². The van der Waals surface area contributed by atoms with Gasteiger partial charge in [-0.25, -0.2) is 0 Å². The van der Waals surface area contributed by atoms with E-state index in [0.717, 1.165) is 5.56 Å². The summed E-state index contributed by atoms with van der Waals surface area (Å²) >= 11 is 0. The molecule has 0 fully saturated rings. The molecule has 0 heterocycles. The molecule has 1 heteroatoms. The molecule has 0 aliphatic heterocycles. The fourth-order valence-corrected chi connectivity index (χ4v) is 1.01. The first-order chi connectivity index (χ1) is 5.24. The summed E-state index contributed by atoms with van der Waals surface area (Å²) < 4.78 is 0. The maximum absolute atomic E-state index is 3.07. The lowest BCUT2D eigenvalue weighted by Crippen LogP contribution is -2.06. The summed E-state index contributed by atoms with van der Waals surface area (Å²) in [6.45, 7) is 3.95. The van der Waals surface area contributed by atoms with Crippen LogP contribution in [0.15, 0.2) is 18.2 Å². The average molecular weight is 142 g/mol. The highest BCUT2D eigenvalue weighted by Crippen LogP contribution is 1.98. The van der Waals surface area contributed by atoms with Crippen LogP contribution in [-0.4, -0.2) is 7.85 Å². The first-order valence-corrected chi connectivity index (χ1v) is 3.74. The van der Waals surface area contributed by atoms with Gasteiger partial charge in [0.05, 0.1) is 0 Å². The van der Waals surface area contributed by atoms with Gasteiger partial charge in [-0.05, 0) is 25.5 Å². The van der Waals surface area contributed by atoms with Gasteiger partial charge in [-0.2, -0.15) is 0 Å². The van der Waals surface area contributed by atoms with Gasteiger partial charge in [0, 0.05) is 5.56 Å². The Morgan fingerprint density at radius 3 is 2.73 bits per heavy atom. The van der Waals surface area contributed by atoms with Crippen molar-refractivity contribution in [3.63, 3.8) is 0 Å². The summed E-state index contributed by atoms with van der Waals surface area (Å²) in [7, 11) is 2.08. The van der Waals surface area contributed by atoms with Crippen molar-refractivity contribution in [2.75, 3.05) is 0 Å². The molecule has 0 atom stereocenters. The third kappa shape index (κ3) is 1.88. The van der Waals surface area contributed by atoms with Crippen LogP contribution >= 0.6 is 0 Å². The Kier molecular flexibility index (Phi) is 2.38. The zero-order chi connectivity index (χ0) is 8.27. The van der Waals surface area contributed by atoms with Crippen molar-refractivity contribution in [3.05, 3.63) is 29.3 Å². The van der Waals surface area contributed by atoms with Crippen LogP contribution in [-0.2, 0) is 0 Å². The topological polar surface area (TPSA) is 0 Å². The van der Waals surface area contributed by atoms with Crippen LogP contribution < -0.4 is 5.46 Å². The van der Waals surface area contributed by atoms with E-state index in [2.05, 4.69) is 44.8 Å². The van der Waals surface area contributed by atoms with E-state index in [4.69, 9.17) is 0 Å². The van der Waals surface area contributed by atoms with Gasteiger partial charge >= 0.3 is 0 Å². The number of hydrogen-bond acceptors (Lipinski definition) is 0. The summed E-state index contributed by atoms with van der Waals surface area (Å²) in [5, 5.41) is 0. The molecule has 1 aromatic rings. The summed E-state index contributed by atoms with van der Waals surface area (Å²) in [4.78, 5) is 0. The molecule has 0 N–H and O–H groups in total. The second-order valence-electron chi connectivity index (χ2n) is 2.69. The van der Waals surface area contributed by atoms with Crippen molar-refractivity contribution in [2.24, 2.45) is 0 Å². The van der Waals surface area contributed by atoms with E-state index >= 15 is 0 Å². The molecule has 1 aromatic carbocycles. The Bertz CT molecular complexity index is 315. The minimum Gasteiger partial charge on any atom is -0.101 e. The molecular formula is C10H11B. The van der Waals surface area contributed by atoms with Crippen molar-refractivity contribution >= 4 is 13.3 Å². The molecule has 54 valence electrons. The van der Waals surface area contributed by atoms with E-state index in [9.17, 15) is 0 Å². The molecule has 0 saturated carbocycles. The lowest BCUT2D eigenvalue weighted by molar-refractivity contribution is 1.47. The third-order valence-corrected chi connectivity index (χ3v) is 1.65. The van der Waals surface area contributed by atoms with E-state index < -0.39 is 0 Å². The molecule has 0 aliphatic carbocycles. The first-order valence-electron chi connectivity index (χ1n) is 3.74. The molecule has 0 unspecified atom stereocenters. The molecular weight excluding hydrogens is 131 g/mol. The molecule has 0 spiro atoms. The minimum absolute atomic E-state index is 1.15. The molecule has 0 saturated heterocycles. The summed E-state index contributed by atoms with van der Waals surface area (Å²) in [5.41, 5.74) is 3.67. The molecule has 0 aliphatic rings. The molecule has 0 radical (unpaired) electrons. The van der Waals surface area contributed by atoms with E-state index in [1.807, 2.05) is 6.92 Å². The van der Waals surface area contributed by atoms with Crippen LogP contribution in [0.25, 0.3) is 0 Å². The Morgan fingerprint density at radius 2 is 2.09 bits per heavy atom. The van der Waals surface area contributed by atoms with Gasteiger partial charge in [0.2, 0.25) is 0 Å². The third-order valence-electron chi connectivity index (χ3n) is 1.65. The van der Waals surface area contributed by atoms with Crippen LogP contribution in [0.3, 0.4) is 0 Å². The van der Waals surface area contributed by atoms with Gasteiger partial charge in [0.1, 0.15) is 7.85 Å². The standard InChI is InChI=1S/C10H11B/c1-3-4-9-7-8(2)5-6-10(9)11/h5-7H,11H2,1-2H3. The maximum Gasteiger partial charge on any atom is 0.140 e. The predicted molar refractivity (Wildman–Crippen MR) is 51.9 cm³/mol. The van der Waals surface area contributed by atoms with Crippen LogP contribution in [0.4, 0.5) is 0 Å². The Balaban J connectivity index is 3.19. The highest BCUT2D eigenvalue weighted by atomic mass is 13.9. The summed E-state index contributed by atoms with van der Waals surface area (Å²) in [6.07, 6.45) is 0. The normalized spacial score (nSPS) is 8.55. The zero-order valence-corrected chi connectivity index (χ0v) is 7.23. The number of rotatable bonds is 0. The number of benzene rings is 1. The fourth-order valence-electron chi connectivity index (χ4n) is 1.01. The quantitative estimate of drug-likeness (QED) is 0.368.